The second-order valence-corrected chi connectivity index (χ2v) is 4.42. The maximum Gasteiger partial charge on any atom is 0.227 e. The van der Waals surface area contributed by atoms with Crippen molar-refractivity contribution in [3.8, 4) is 5.75 Å². The summed E-state index contributed by atoms with van der Waals surface area (Å²) >= 11 is 0. The zero-order valence-corrected chi connectivity index (χ0v) is 9.49. The third-order valence-electron chi connectivity index (χ3n) is 3.29. The lowest BCUT2D eigenvalue weighted by Gasteiger charge is -2.12. The van der Waals surface area contributed by atoms with Gasteiger partial charge >= 0.3 is 0 Å². The first kappa shape index (κ1) is 11.0. The predicted octanol–water partition coefficient (Wildman–Crippen LogP) is 2.83. The van der Waals surface area contributed by atoms with Gasteiger partial charge in [0.25, 0.3) is 0 Å². The molecule has 0 bridgehead atoms. The first-order valence-corrected chi connectivity index (χ1v) is 5.78. The van der Waals surface area contributed by atoms with Gasteiger partial charge in [0.15, 0.2) is 0 Å². The highest BCUT2D eigenvalue weighted by Gasteiger charge is 2.23. The van der Waals surface area contributed by atoms with Crippen LogP contribution in [0.1, 0.15) is 31.2 Å². The fourth-order valence-electron chi connectivity index (χ4n) is 2.18. The smallest absolute Gasteiger partial charge is 0.227 e. The molecule has 1 aromatic rings. The number of phenols is 1. The highest BCUT2D eigenvalue weighted by molar-refractivity contribution is 5.93. The molecular formula is C13H17NO2. The fourth-order valence-corrected chi connectivity index (χ4v) is 2.18. The lowest BCUT2D eigenvalue weighted by molar-refractivity contribution is -0.119. The minimum Gasteiger partial charge on any atom is -0.508 e. The SMILES string of the molecule is Cc1c(O)cccc1NC(=O)C1CCCC1. The van der Waals surface area contributed by atoms with E-state index in [1.54, 1.807) is 19.1 Å². The molecule has 0 saturated heterocycles. The first-order valence-electron chi connectivity index (χ1n) is 5.78. The molecule has 1 saturated carbocycles. The van der Waals surface area contributed by atoms with Gasteiger partial charge in [-0.05, 0) is 31.9 Å². The lowest BCUT2D eigenvalue weighted by Crippen LogP contribution is -2.20. The Balaban J connectivity index is 2.08. The van der Waals surface area contributed by atoms with Crippen molar-refractivity contribution in [3.05, 3.63) is 23.8 Å². The second-order valence-electron chi connectivity index (χ2n) is 4.42. The van der Waals surface area contributed by atoms with Crippen LogP contribution in [-0.4, -0.2) is 11.0 Å². The molecule has 0 aliphatic heterocycles. The number of benzene rings is 1. The third kappa shape index (κ3) is 2.18. The zero-order chi connectivity index (χ0) is 11.5. The van der Waals surface area contributed by atoms with Crippen LogP contribution >= 0.6 is 0 Å². The van der Waals surface area contributed by atoms with Crippen LogP contribution in [0.25, 0.3) is 0 Å². The van der Waals surface area contributed by atoms with Gasteiger partial charge in [0.1, 0.15) is 5.75 Å². The summed E-state index contributed by atoms with van der Waals surface area (Å²) in [6.45, 7) is 1.81. The second kappa shape index (κ2) is 4.56. The normalized spacial score (nSPS) is 16.3. The molecule has 0 radical (unpaired) electrons. The Morgan fingerprint density at radius 1 is 1.38 bits per heavy atom. The van der Waals surface area contributed by atoms with E-state index in [2.05, 4.69) is 5.32 Å². The van der Waals surface area contributed by atoms with Gasteiger partial charge in [-0.1, -0.05) is 18.9 Å². The molecule has 0 aromatic heterocycles. The average molecular weight is 219 g/mol. The van der Waals surface area contributed by atoms with Crippen molar-refractivity contribution >= 4 is 11.6 Å². The molecule has 1 aliphatic rings. The topological polar surface area (TPSA) is 49.3 Å². The number of rotatable bonds is 2. The third-order valence-corrected chi connectivity index (χ3v) is 3.29. The minimum absolute atomic E-state index is 0.0891. The number of hydrogen-bond acceptors (Lipinski definition) is 2. The minimum atomic E-state index is 0.0891. The van der Waals surface area contributed by atoms with Crippen LogP contribution in [0.2, 0.25) is 0 Å². The highest BCUT2D eigenvalue weighted by atomic mass is 16.3. The lowest BCUT2D eigenvalue weighted by atomic mass is 10.1. The van der Waals surface area contributed by atoms with E-state index in [4.69, 9.17) is 0 Å². The molecule has 0 heterocycles. The van der Waals surface area contributed by atoms with Crippen molar-refractivity contribution in [1.82, 2.24) is 0 Å². The molecule has 0 atom stereocenters. The molecule has 0 spiro atoms. The number of hydrogen-bond donors (Lipinski definition) is 2. The van der Waals surface area contributed by atoms with Crippen LogP contribution < -0.4 is 5.32 Å². The zero-order valence-electron chi connectivity index (χ0n) is 9.49. The standard InChI is InChI=1S/C13H17NO2/c1-9-11(7-4-8-12(9)15)14-13(16)10-5-2-3-6-10/h4,7-8,10,15H,2-3,5-6H2,1H3,(H,14,16). The summed E-state index contributed by atoms with van der Waals surface area (Å²) in [7, 11) is 0. The largest absolute Gasteiger partial charge is 0.508 e. The van der Waals surface area contributed by atoms with Crippen molar-refractivity contribution in [2.45, 2.75) is 32.6 Å². The summed E-state index contributed by atoms with van der Waals surface area (Å²) in [5.74, 6) is 0.470. The highest BCUT2D eigenvalue weighted by Crippen LogP contribution is 2.28. The molecule has 1 aromatic carbocycles. The van der Waals surface area contributed by atoms with E-state index in [0.717, 1.165) is 36.9 Å². The van der Waals surface area contributed by atoms with Crippen LogP contribution in [0.3, 0.4) is 0 Å². The molecule has 86 valence electrons. The van der Waals surface area contributed by atoms with Crippen molar-refractivity contribution in [1.29, 1.82) is 0 Å². The van der Waals surface area contributed by atoms with Gasteiger partial charge in [-0.2, -0.15) is 0 Å². The van der Waals surface area contributed by atoms with E-state index in [0.29, 0.717) is 0 Å². The predicted molar refractivity (Wildman–Crippen MR) is 63.4 cm³/mol. The van der Waals surface area contributed by atoms with Gasteiger partial charge in [0.05, 0.1) is 0 Å². The molecule has 2 rings (SSSR count). The van der Waals surface area contributed by atoms with Crippen molar-refractivity contribution in [2.75, 3.05) is 5.32 Å². The quantitative estimate of drug-likeness (QED) is 0.803. The van der Waals surface area contributed by atoms with E-state index in [1.165, 1.54) is 0 Å². The number of phenolic OH excluding ortho intramolecular Hbond substituents is 1. The van der Waals surface area contributed by atoms with Gasteiger partial charge < -0.3 is 10.4 Å². The monoisotopic (exact) mass is 219 g/mol. The molecule has 2 N–H and O–H groups in total. The Morgan fingerprint density at radius 3 is 2.75 bits per heavy atom. The molecule has 0 unspecified atom stereocenters. The van der Waals surface area contributed by atoms with Gasteiger partial charge in [-0.25, -0.2) is 0 Å². The van der Waals surface area contributed by atoms with E-state index in [-0.39, 0.29) is 17.6 Å². The summed E-state index contributed by atoms with van der Waals surface area (Å²) in [6, 6.07) is 5.19. The Labute approximate surface area is 95.5 Å². The maximum atomic E-state index is 11.9. The molecule has 1 amide bonds. The number of amides is 1. The molecule has 16 heavy (non-hydrogen) atoms. The maximum absolute atomic E-state index is 11.9. The average Bonchev–Trinajstić information content (AvgIpc) is 2.78. The van der Waals surface area contributed by atoms with Crippen LogP contribution in [0, 0.1) is 12.8 Å². The molecule has 1 aliphatic carbocycles. The molecule has 3 heteroatoms. The van der Waals surface area contributed by atoms with E-state index < -0.39 is 0 Å². The Morgan fingerprint density at radius 2 is 2.06 bits per heavy atom. The first-order chi connectivity index (χ1) is 7.68. The summed E-state index contributed by atoms with van der Waals surface area (Å²) in [4.78, 5) is 11.9. The van der Waals surface area contributed by atoms with Gasteiger partial charge in [-0.15, -0.1) is 0 Å². The number of nitrogens with one attached hydrogen (secondary N) is 1. The fraction of sp³-hybridized carbons (Fsp3) is 0.462. The van der Waals surface area contributed by atoms with Crippen molar-refractivity contribution < 1.29 is 9.90 Å². The van der Waals surface area contributed by atoms with E-state index >= 15 is 0 Å². The molecule has 1 fully saturated rings. The van der Waals surface area contributed by atoms with Crippen molar-refractivity contribution in [2.24, 2.45) is 5.92 Å². The summed E-state index contributed by atoms with van der Waals surface area (Å²) in [5.41, 5.74) is 1.45. The van der Waals surface area contributed by atoms with Crippen LogP contribution in [-0.2, 0) is 4.79 Å². The number of carbonyl (C=O) groups excluding carboxylic acids is 1. The number of anilines is 1. The summed E-state index contributed by atoms with van der Waals surface area (Å²) in [6.07, 6.45) is 4.28. The Kier molecular flexibility index (Phi) is 3.13. The summed E-state index contributed by atoms with van der Waals surface area (Å²) < 4.78 is 0. The van der Waals surface area contributed by atoms with Crippen molar-refractivity contribution in [3.63, 3.8) is 0 Å². The Bertz CT molecular complexity index is 395. The number of aromatic hydroxyl groups is 1. The van der Waals surface area contributed by atoms with E-state index in [9.17, 15) is 9.90 Å². The van der Waals surface area contributed by atoms with Gasteiger partial charge in [0, 0.05) is 17.2 Å². The van der Waals surface area contributed by atoms with Crippen LogP contribution in [0.5, 0.6) is 5.75 Å². The molecular weight excluding hydrogens is 202 g/mol. The van der Waals surface area contributed by atoms with Gasteiger partial charge in [-0.3, -0.25) is 4.79 Å². The number of carbonyl (C=O) groups is 1. The summed E-state index contributed by atoms with van der Waals surface area (Å²) in [5, 5.41) is 12.4. The van der Waals surface area contributed by atoms with E-state index in [1.807, 2.05) is 6.07 Å². The van der Waals surface area contributed by atoms with Crippen LogP contribution in [0.15, 0.2) is 18.2 Å². The molecule has 3 nitrogen and oxygen atoms in total. The van der Waals surface area contributed by atoms with Crippen LogP contribution in [0.4, 0.5) is 5.69 Å². The van der Waals surface area contributed by atoms with Gasteiger partial charge in [0.2, 0.25) is 5.91 Å². The Hall–Kier alpha value is -1.51.